The highest BCUT2D eigenvalue weighted by Gasteiger charge is 2.27. The maximum absolute atomic E-state index is 14.0. The van der Waals surface area contributed by atoms with Gasteiger partial charge in [-0.3, -0.25) is 23.5 Å². The molecule has 282 valence electrons. The zero-order chi connectivity index (χ0) is 38.6. The van der Waals surface area contributed by atoms with Gasteiger partial charge in [0.25, 0.3) is 11.8 Å². The number of likely N-dealkylation sites (N-methyl/N-ethyl adjacent to an activating group) is 1. The predicted octanol–water partition coefficient (Wildman–Crippen LogP) is 3.73. The number of benzene rings is 3. The summed E-state index contributed by atoms with van der Waals surface area (Å²) in [6.45, 7) is 12.0. The van der Waals surface area contributed by atoms with Crippen molar-refractivity contribution >= 4 is 39.3 Å². The molecule has 4 N–H and O–H groups in total. The van der Waals surface area contributed by atoms with Crippen LogP contribution in [0.5, 0.6) is 0 Å². The number of hydrogen-bond donors (Lipinski definition) is 4. The number of hydrogen-bond acceptors (Lipinski definition) is 7. The van der Waals surface area contributed by atoms with Crippen molar-refractivity contribution in [1.29, 1.82) is 0 Å². The minimum atomic E-state index is -3.74. The van der Waals surface area contributed by atoms with Crippen molar-refractivity contribution in [3.05, 3.63) is 101 Å². The van der Waals surface area contributed by atoms with Crippen LogP contribution in [-0.2, 0) is 32.6 Å². The molecule has 0 spiro atoms. The van der Waals surface area contributed by atoms with Crippen LogP contribution in [0.3, 0.4) is 0 Å². The summed E-state index contributed by atoms with van der Waals surface area (Å²) >= 11 is 0. The molecule has 52 heavy (non-hydrogen) atoms. The van der Waals surface area contributed by atoms with Crippen LogP contribution >= 0.6 is 0 Å². The fourth-order valence-corrected chi connectivity index (χ4v) is 6.01. The van der Waals surface area contributed by atoms with Gasteiger partial charge in [-0.05, 0) is 69.4 Å². The van der Waals surface area contributed by atoms with E-state index in [4.69, 9.17) is 0 Å². The van der Waals surface area contributed by atoms with Gasteiger partial charge < -0.3 is 26.2 Å². The molecule has 12 nitrogen and oxygen atoms in total. The van der Waals surface area contributed by atoms with Gasteiger partial charge >= 0.3 is 0 Å². The Bertz CT molecular complexity index is 1770. The Balaban J connectivity index is 1.92. The number of sulfonamides is 1. The van der Waals surface area contributed by atoms with Gasteiger partial charge in [0.1, 0.15) is 6.04 Å². The molecule has 0 aromatic heterocycles. The summed E-state index contributed by atoms with van der Waals surface area (Å²) in [5.74, 6) is -1.63. The van der Waals surface area contributed by atoms with Crippen molar-refractivity contribution in [1.82, 2.24) is 26.2 Å². The van der Waals surface area contributed by atoms with Gasteiger partial charge in [-0.1, -0.05) is 74.5 Å². The number of amides is 4. The number of nitrogens with zero attached hydrogens (tertiary/aromatic N) is 2. The number of rotatable bonds is 18. The number of nitrogens with one attached hydrogen (secondary N) is 4. The Labute approximate surface area is 308 Å². The second-order valence-electron chi connectivity index (χ2n) is 13.6. The summed E-state index contributed by atoms with van der Waals surface area (Å²) in [6, 6.07) is 21.4. The van der Waals surface area contributed by atoms with Crippen molar-refractivity contribution in [2.45, 2.75) is 78.7 Å². The van der Waals surface area contributed by atoms with E-state index >= 15 is 0 Å². The molecule has 0 aliphatic rings. The Morgan fingerprint density at radius 1 is 0.769 bits per heavy atom. The molecule has 0 bridgehead atoms. The SMILES string of the molecule is CCNC(=O)[C@@H](NC(=O)[C@H](C)NC[C@H](Cc1ccccc1)NC(=O)c1cc(C(=O)N(Cc2ccccc2)C(C)C)cc(N(C)S(C)(=O)=O)c1)C(C)C. The molecule has 0 unspecified atom stereocenters. The van der Waals surface area contributed by atoms with Gasteiger partial charge in [0.15, 0.2) is 0 Å². The number of carbonyl (C=O) groups excluding carboxylic acids is 4. The summed E-state index contributed by atoms with van der Waals surface area (Å²) in [6.07, 6.45) is 1.46. The van der Waals surface area contributed by atoms with Crippen LogP contribution in [0, 0.1) is 5.92 Å². The van der Waals surface area contributed by atoms with Crippen LogP contribution in [0.15, 0.2) is 78.9 Å². The zero-order valence-corrected chi connectivity index (χ0v) is 32.3. The second-order valence-corrected chi connectivity index (χ2v) is 15.6. The molecule has 3 atom stereocenters. The topological polar surface area (TPSA) is 157 Å². The molecule has 3 aromatic rings. The molecule has 0 aliphatic carbocycles. The highest BCUT2D eigenvalue weighted by atomic mass is 32.2. The minimum absolute atomic E-state index is 0.102. The Kier molecular flexibility index (Phi) is 15.4. The van der Waals surface area contributed by atoms with E-state index in [1.165, 1.54) is 25.2 Å². The van der Waals surface area contributed by atoms with Gasteiger partial charge in [-0.25, -0.2) is 8.42 Å². The third kappa shape index (κ3) is 12.2. The average Bonchev–Trinajstić information content (AvgIpc) is 3.10. The molecule has 0 saturated carbocycles. The molecule has 0 heterocycles. The lowest BCUT2D eigenvalue weighted by atomic mass is 10.0. The first-order valence-electron chi connectivity index (χ1n) is 17.6. The first-order chi connectivity index (χ1) is 24.5. The third-order valence-electron chi connectivity index (χ3n) is 8.69. The van der Waals surface area contributed by atoms with E-state index in [-0.39, 0.29) is 53.0 Å². The van der Waals surface area contributed by atoms with E-state index < -0.39 is 34.1 Å². The van der Waals surface area contributed by atoms with Crippen molar-refractivity contribution in [2.24, 2.45) is 5.92 Å². The van der Waals surface area contributed by atoms with E-state index in [1.807, 2.05) is 95.3 Å². The summed E-state index contributed by atoms with van der Waals surface area (Å²) in [5, 5.41) is 11.8. The molecular weight excluding hydrogens is 681 g/mol. The molecule has 13 heteroatoms. The van der Waals surface area contributed by atoms with Crippen LogP contribution < -0.4 is 25.6 Å². The van der Waals surface area contributed by atoms with Crippen molar-refractivity contribution < 1.29 is 27.6 Å². The standard InChI is InChI=1S/C39H54N6O6S/c1-9-40-38(48)35(26(2)3)43-36(46)28(6)41-24-33(20-29-16-12-10-13-17-29)42-37(47)31-21-32(23-34(22-31)44(7)52(8,50)51)39(49)45(27(4)5)25-30-18-14-11-15-19-30/h10-19,21-23,26-28,33,35,41H,9,20,24-25H2,1-8H3,(H,40,48)(H,42,47)(H,43,46)/t28-,33-,35-/m0/s1. The number of carbonyl (C=O) groups is 4. The van der Waals surface area contributed by atoms with Crippen LogP contribution in [0.25, 0.3) is 0 Å². The molecule has 0 saturated heterocycles. The van der Waals surface area contributed by atoms with Gasteiger partial charge in [-0.2, -0.15) is 0 Å². The highest BCUT2D eigenvalue weighted by Crippen LogP contribution is 2.23. The lowest BCUT2D eigenvalue weighted by Gasteiger charge is -2.28. The molecular formula is C39H54N6O6S. The molecule has 3 rings (SSSR count). The lowest BCUT2D eigenvalue weighted by Crippen LogP contribution is -2.55. The van der Waals surface area contributed by atoms with Gasteiger partial charge in [0, 0.05) is 49.9 Å². The first-order valence-corrected chi connectivity index (χ1v) is 19.5. The molecule has 3 aromatic carbocycles. The smallest absolute Gasteiger partial charge is 0.254 e. The van der Waals surface area contributed by atoms with Crippen LogP contribution in [-0.4, -0.2) is 87.5 Å². The summed E-state index contributed by atoms with van der Waals surface area (Å²) in [5.41, 5.74) is 2.30. The minimum Gasteiger partial charge on any atom is -0.355 e. The maximum atomic E-state index is 14.0. The van der Waals surface area contributed by atoms with E-state index in [9.17, 15) is 27.6 Å². The summed E-state index contributed by atoms with van der Waals surface area (Å²) in [7, 11) is -2.37. The highest BCUT2D eigenvalue weighted by molar-refractivity contribution is 7.92. The quantitative estimate of drug-likeness (QED) is 0.155. The number of anilines is 1. The fraction of sp³-hybridized carbons (Fsp3) is 0.436. The zero-order valence-electron chi connectivity index (χ0n) is 31.5. The monoisotopic (exact) mass is 734 g/mol. The molecule has 0 aliphatic heterocycles. The second kappa shape index (κ2) is 19.2. The predicted molar refractivity (Wildman–Crippen MR) is 205 cm³/mol. The molecule has 0 radical (unpaired) electrons. The van der Waals surface area contributed by atoms with Crippen molar-refractivity contribution in [3.8, 4) is 0 Å². The Morgan fingerprint density at radius 2 is 1.35 bits per heavy atom. The molecule has 0 fully saturated rings. The lowest BCUT2D eigenvalue weighted by molar-refractivity contribution is -0.130. The normalized spacial score (nSPS) is 13.2. The maximum Gasteiger partial charge on any atom is 0.254 e. The first kappa shape index (κ1) is 41.7. The van der Waals surface area contributed by atoms with Crippen LogP contribution in [0.1, 0.15) is 73.4 Å². The van der Waals surface area contributed by atoms with Gasteiger partial charge in [-0.15, -0.1) is 0 Å². The van der Waals surface area contributed by atoms with Crippen LogP contribution in [0.2, 0.25) is 0 Å². The van der Waals surface area contributed by atoms with E-state index in [0.29, 0.717) is 19.5 Å². The Hall–Kier alpha value is -4.75. The van der Waals surface area contributed by atoms with Crippen LogP contribution in [0.4, 0.5) is 5.69 Å². The van der Waals surface area contributed by atoms with E-state index in [2.05, 4.69) is 21.3 Å². The van der Waals surface area contributed by atoms with Crippen molar-refractivity contribution in [3.63, 3.8) is 0 Å². The van der Waals surface area contributed by atoms with E-state index in [0.717, 1.165) is 21.7 Å². The van der Waals surface area contributed by atoms with Gasteiger partial charge in [0.2, 0.25) is 21.8 Å². The van der Waals surface area contributed by atoms with Gasteiger partial charge in [0.05, 0.1) is 18.0 Å². The largest absolute Gasteiger partial charge is 0.355 e. The third-order valence-corrected chi connectivity index (χ3v) is 9.90. The summed E-state index contributed by atoms with van der Waals surface area (Å²) < 4.78 is 26.2. The van der Waals surface area contributed by atoms with E-state index in [1.54, 1.807) is 11.8 Å². The Morgan fingerprint density at radius 3 is 1.88 bits per heavy atom. The summed E-state index contributed by atoms with van der Waals surface area (Å²) in [4.78, 5) is 55.4. The van der Waals surface area contributed by atoms with Crippen molar-refractivity contribution in [2.75, 3.05) is 30.7 Å². The average molecular weight is 735 g/mol. The fourth-order valence-electron chi connectivity index (χ4n) is 5.52. The molecule has 4 amide bonds.